The van der Waals surface area contributed by atoms with Gasteiger partial charge in [0.1, 0.15) is 5.82 Å². The summed E-state index contributed by atoms with van der Waals surface area (Å²) in [6.45, 7) is 2.05. The minimum Gasteiger partial charge on any atom is -0.461 e. The maximum atomic E-state index is 13.4. The average Bonchev–Trinajstić information content (AvgIpc) is 3.26. The van der Waals surface area contributed by atoms with Crippen molar-refractivity contribution in [1.82, 2.24) is 9.78 Å². The zero-order valence-electron chi connectivity index (χ0n) is 15.3. The number of hydrogen-bond donors (Lipinski definition) is 0. The molecular weight excluding hydrogens is 379 g/mol. The van der Waals surface area contributed by atoms with Crippen molar-refractivity contribution in [2.24, 2.45) is 0 Å². The molecule has 142 valence electrons. The fourth-order valence-electron chi connectivity index (χ4n) is 3.43. The number of ether oxygens (including phenoxy) is 1. The molecule has 0 aliphatic heterocycles. The molecule has 3 aromatic rings. The van der Waals surface area contributed by atoms with Crippen molar-refractivity contribution in [1.29, 1.82) is 0 Å². The Morgan fingerprint density at radius 2 is 1.89 bits per heavy atom. The van der Waals surface area contributed by atoms with E-state index >= 15 is 0 Å². The second-order valence-electron chi connectivity index (χ2n) is 6.51. The Labute approximate surface area is 167 Å². The van der Waals surface area contributed by atoms with E-state index in [1.807, 2.05) is 24.3 Å². The summed E-state index contributed by atoms with van der Waals surface area (Å²) in [6, 6.07) is 13.6. The SMILES string of the molecule is CCOC(=O)c1nn(-c2ccc(F)cc2)c2c1CC/C2=C/c1ccc(Cl)cc1. The number of fused-ring (bicyclic) bond motifs is 1. The van der Waals surface area contributed by atoms with Crippen LogP contribution in [0.25, 0.3) is 17.3 Å². The van der Waals surface area contributed by atoms with Gasteiger partial charge < -0.3 is 4.74 Å². The molecule has 0 N–H and O–H groups in total. The molecule has 6 heteroatoms. The molecule has 0 fully saturated rings. The first-order valence-corrected chi connectivity index (χ1v) is 9.46. The lowest BCUT2D eigenvalue weighted by atomic mass is 10.1. The predicted octanol–water partition coefficient (Wildman–Crippen LogP) is 5.33. The van der Waals surface area contributed by atoms with Gasteiger partial charge >= 0.3 is 5.97 Å². The summed E-state index contributed by atoms with van der Waals surface area (Å²) < 4.78 is 20.3. The molecule has 28 heavy (non-hydrogen) atoms. The highest BCUT2D eigenvalue weighted by molar-refractivity contribution is 6.30. The minimum atomic E-state index is -0.438. The molecule has 0 saturated carbocycles. The van der Waals surface area contributed by atoms with E-state index in [0.29, 0.717) is 22.8 Å². The number of carbonyl (C=O) groups is 1. The first kappa shape index (κ1) is 18.4. The third-order valence-electron chi connectivity index (χ3n) is 4.68. The standard InChI is InChI=1S/C22H18ClFN2O2/c1-2-28-22(27)20-19-12-5-15(13-14-3-6-16(23)7-4-14)21(19)26(25-20)18-10-8-17(24)9-11-18/h3-4,6-11,13H,2,5,12H2,1H3/b15-13-. The normalized spacial score (nSPS) is 14.3. The summed E-state index contributed by atoms with van der Waals surface area (Å²) in [7, 11) is 0. The zero-order valence-corrected chi connectivity index (χ0v) is 16.0. The lowest BCUT2D eigenvalue weighted by Crippen LogP contribution is -2.09. The van der Waals surface area contributed by atoms with Gasteiger partial charge in [-0.15, -0.1) is 0 Å². The Morgan fingerprint density at radius 3 is 2.57 bits per heavy atom. The van der Waals surface area contributed by atoms with E-state index in [2.05, 4.69) is 11.2 Å². The van der Waals surface area contributed by atoms with Crippen molar-refractivity contribution >= 4 is 29.2 Å². The van der Waals surface area contributed by atoms with Crippen LogP contribution in [0.4, 0.5) is 4.39 Å². The summed E-state index contributed by atoms with van der Waals surface area (Å²) in [4.78, 5) is 12.4. The molecule has 0 bridgehead atoms. The van der Waals surface area contributed by atoms with Gasteiger partial charge in [-0.1, -0.05) is 23.7 Å². The molecule has 4 nitrogen and oxygen atoms in total. The minimum absolute atomic E-state index is 0.282. The van der Waals surface area contributed by atoms with Crippen LogP contribution in [-0.2, 0) is 11.2 Å². The molecule has 0 saturated heterocycles. The van der Waals surface area contributed by atoms with Gasteiger partial charge in [0.2, 0.25) is 0 Å². The quantitative estimate of drug-likeness (QED) is 0.560. The predicted molar refractivity (Wildman–Crippen MR) is 107 cm³/mol. The van der Waals surface area contributed by atoms with Crippen molar-refractivity contribution in [2.75, 3.05) is 6.61 Å². The number of rotatable bonds is 4. The molecular formula is C22H18ClFN2O2. The molecule has 0 spiro atoms. The summed E-state index contributed by atoms with van der Waals surface area (Å²) >= 11 is 5.98. The third kappa shape index (κ3) is 3.45. The summed E-state index contributed by atoms with van der Waals surface area (Å²) in [5, 5.41) is 5.19. The van der Waals surface area contributed by atoms with E-state index in [1.54, 1.807) is 23.7 Å². The zero-order chi connectivity index (χ0) is 19.7. The molecule has 0 unspecified atom stereocenters. The maximum absolute atomic E-state index is 13.4. The second-order valence-corrected chi connectivity index (χ2v) is 6.94. The van der Waals surface area contributed by atoms with Crippen molar-refractivity contribution < 1.29 is 13.9 Å². The molecule has 2 aromatic carbocycles. The Bertz CT molecular complexity index is 1050. The van der Waals surface area contributed by atoms with Gasteiger partial charge in [-0.05, 0) is 73.4 Å². The van der Waals surface area contributed by atoms with Crippen LogP contribution < -0.4 is 0 Å². The Kier molecular flexibility index (Phi) is 5.01. The average molecular weight is 397 g/mol. The molecule has 1 heterocycles. The van der Waals surface area contributed by atoms with Crippen LogP contribution in [0, 0.1) is 5.82 Å². The number of hydrogen-bond acceptors (Lipinski definition) is 3. The van der Waals surface area contributed by atoms with Crippen molar-refractivity contribution in [3.63, 3.8) is 0 Å². The highest BCUT2D eigenvalue weighted by Crippen LogP contribution is 2.37. The Morgan fingerprint density at radius 1 is 1.18 bits per heavy atom. The molecule has 1 aliphatic carbocycles. The van der Waals surface area contributed by atoms with Crippen molar-refractivity contribution in [3.8, 4) is 5.69 Å². The number of halogens is 2. The second kappa shape index (κ2) is 7.60. The molecule has 1 aliphatic rings. The first-order valence-electron chi connectivity index (χ1n) is 9.08. The van der Waals surface area contributed by atoms with Crippen molar-refractivity contribution in [2.45, 2.75) is 19.8 Å². The lowest BCUT2D eigenvalue weighted by Gasteiger charge is -2.08. The van der Waals surface area contributed by atoms with Crippen LogP contribution in [0.5, 0.6) is 0 Å². The van der Waals surface area contributed by atoms with E-state index < -0.39 is 5.97 Å². The number of esters is 1. The molecule has 0 amide bonds. The van der Waals surface area contributed by atoms with Gasteiger partial charge in [-0.3, -0.25) is 0 Å². The largest absolute Gasteiger partial charge is 0.461 e. The van der Waals surface area contributed by atoms with E-state index in [9.17, 15) is 9.18 Å². The van der Waals surface area contributed by atoms with Gasteiger partial charge in [0, 0.05) is 10.6 Å². The van der Waals surface area contributed by atoms with Crippen LogP contribution in [-0.4, -0.2) is 22.4 Å². The topological polar surface area (TPSA) is 44.1 Å². The number of allylic oxidation sites excluding steroid dienone is 1. The van der Waals surface area contributed by atoms with E-state index in [0.717, 1.165) is 28.8 Å². The summed E-state index contributed by atoms with van der Waals surface area (Å²) in [5.41, 5.74) is 4.81. The van der Waals surface area contributed by atoms with Gasteiger partial charge in [0.05, 0.1) is 18.0 Å². The van der Waals surface area contributed by atoms with Gasteiger partial charge in [0.15, 0.2) is 5.69 Å². The van der Waals surface area contributed by atoms with E-state index in [1.165, 1.54) is 12.1 Å². The monoisotopic (exact) mass is 396 g/mol. The molecule has 4 rings (SSSR count). The maximum Gasteiger partial charge on any atom is 0.359 e. The van der Waals surface area contributed by atoms with Crippen LogP contribution in [0.15, 0.2) is 48.5 Å². The van der Waals surface area contributed by atoms with E-state index in [-0.39, 0.29) is 12.4 Å². The van der Waals surface area contributed by atoms with E-state index in [4.69, 9.17) is 16.3 Å². The number of benzene rings is 2. The first-order chi connectivity index (χ1) is 13.6. The fourth-order valence-corrected chi connectivity index (χ4v) is 3.55. The molecule has 1 aromatic heterocycles. The highest BCUT2D eigenvalue weighted by atomic mass is 35.5. The van der Waals surface area contributed by atoms with Crippen LogP contribution >= 0.6 is 11.6 Å². The van der Waals surface area contributed by atoms with Gasteiger partial charge in [-0.25, -0.2) is 13.9 Å². The van der Waals surface area contributed by atoms with Crippen LogP contribution in [0.3, 0.4) is 0 Å². The number of aromatic nitrogens is 2. The van der Waals surface area contributed by atoms with Gasteiger partial charge in [0.25, 0.3) is 0 Å². The van der Waals surface area contributed by atoms with Crippen LogP contribution in [0.1, 0.15) is 40.7 Å². The third-order valence-corrected chi connectivity index (χ3v) is 4.93. The number of carbonyl (C=O) groups excluding carboxylic acids is 1. The molecule has 0 radical (unpaired) electrons. The van der Waals surface area contributed by atoms with Crippen molar-refractivity contribution in [3.05, 3.63) is 81.9 Å². The highest BCUT2D eigenvalue weighted by Gasteiger charge is 2.30. The summed E-state index contributed by atoms with van der Waals surface area (Å²) in [5.74, 6) is -0.762. The number of nitrogens with zero attached hydrogens (tertiary/aromatic N) is 2. The van der Waals surface area contributed by atoms with Crippen LogP contribution in [0.2, 0.25) is 5.02 Å². The molecule has 0 atom stereocenters. The Balaban J connectivity index is 1.85. The fraction of sp³-hybridized carbons (Fsp3) is 0.182. The smallest absolute Gasteiger partial charge is 0.359 e. The summed E-state index contributed by atoms with van der Waals surface area (Å²) in [6.07, 6.45) is 3.55. The lowest BCUT2D eigenvalue weighted by molar-refractivity contribution is 0.0517. The Hall–Kier alpha value is -2.92. The van der Waals surface area contributed by atoms with Gasteiger partial charge in [-0.2, -0.15) is 5.10 Å².